The lowest BCUT2D eigenvalue weighted by molar-refractivity contribution is 0.0257. The van der Waals surface area contributed by atoms with E-state index >= 15 is 0 Å². The van der Waals surface area contributed by atoms with Crippen LogP contribution < -0.4 is 0 Å². The summed E-state index contributed by atoms with van der Waals surface area (Å²) in [6, 6.07) is 8.24. The number of nitriles is 1. The van der Waals surface area contributed by atoms with E-state index in [1.165, 1.54) is 16.7 Å². The van der Waals surface area contributed by atoms with E-state index in [4.69, 9.17) is 4.74 Å². The van der Waals surface area contributed by atoms with Gasteiger partial charge >= 0.3 is 6.09 Å². The highest BCUT2D eigenvalue weighted by atomic mass is 16.6. The van der Waals surface area contributed by atoms with Crippen molar-refractivity contribution >= 4 is 6.09 Å². The Kier molecular flexibility index (Phi) is 4.46. The van der Waals surface area contributed by atoms with E-state index in [2.05, 4.69) is 38.1 Å². The maximum atomic E-state index is 12.3. The lowest BCUT2D eigenvalue weighted by Crippen LogP contribution is -2.39. The van der Waals surface area contributed by atoms with E-state index in [0.717, 1.165) is 0 Å². The Labute approximate surface area is 132 Å². The van der Waals surface area contributed by atoms with E-state index in [0.29, 0.717) is 13.0 Å². The molecule has 1 saturated heterocycles. The largest absolute Gasteiger partial charge is 0.444 e. The molecule has 0 aliphatic carbocycles. The van der Waals surface area contributed by atoms with Crippen LogP contribution in [0.25, 0.3) is 0 Å². The van der Waals surface area contributed by atoms with Crippen molar-refractivity contribution in [2.24, 2.45) is 0 Å². The smallest absolute Gasteiger partial charge is 0.411 e. The van der Waals surface area contributed by atoms with Gasteiger partial charge in [0, 0.05) is 12.5 Å². The van der Waals surface area contributed by atoms with Crippen LogP contribution >= 0.6 is 0 Å². The molecule has 1 aromatic carbocycles. The van der Waals surface area contributed by atoms with Crippen molar-refractivity contribution in [1.29, 1.82) is 5.26 Å². The lowest BCUT2D eigenvalue weighted by Gasteiger charge is -2.26. The maximum absolute atomic E-state index is 12.3. The zero-order valence-corrected chi connectivity index (χ0v) is 14.0. The molecule has 1 amide bonds. The Morgan fingerprint density at radius 1 is 1.27 bits per heavy atom. The van der Waals surface area contributed by atoms with E-state index in [-0.39, 0.29) is 5.92 Å². The molecule has 0 saturated carbocycles. The van der Waals surface area contributed by atoms with Gasteiger partial charge < -0.3 is 4.74 Å². The van der Waals surface area contributed by atoms with Gasteiger partial charge in [0.1, 0.15) is 11.6 Å². The topological polar surface area (TPSA) is 53.3 Å². The monoisotopic (exact) mass is 300 g/mol. The van der Waals surface area contributed by atoms with Gasteiger partial charge in [-0.2, -0.15) is 5.26 Å². The Bertz CT molecular complexity index is 590. The number of carbonyl (C=O) groups excluding carboxylic acids is 1. The highest BCUT2D eigenvalue weighted by Crippen LogP contribution is 2.33. The van der Waals surface area contributed by atoms with Gasteiger partial charge in [0.05, 0.1) is 6.07 Å². The van der Waals surface area contributed by atoms with Crippen molar-refractivity contribution in [3.63, 3.8) is 0 Å². The minimum absolute atomic E-state index is 0.191. The zero-order chi connectivity index (χ0) is 16.5. The summed E-state index contributed by atoms with van der Waals surface area (Å²) in [5.41, 5.74) is 3.07. The fraction of sp³-hybridized carbons (Fsp3) is 0.556. The summed E-state index contributed by atoms with van der Waals surface area (Å²) < 4.78 is 5.42. The van der Waals surface area contributed by atoms with Crippen molar-refractivity contribution in [2.75, 3.05) is 6.54 Å². The summed E-state index contributed by atoms with van der Waals surface area (Å²) in [6.07, 6.45) is 0.268. The summed E-state index contributed by atoms with van der Waals surface area (Å²) >= 11 is 0. The zero-order valence-electron chi connectivity index (χ0n) is 14.0. The average molecular weight is 300 g/mol. The van der Waals surface area contributed by atoms with E-state index < -0.39 is 17.7 Å². The molecule has 0 N–H and O–H groups in total. The molecule has 2 atom stereocenters. The third-order valence-corrected chi connectivity index (χ3v) is 3.79. The predicted molar refractivity (Wildman–Crippen MR) is 85.6 cm³/mol. The molecule has 0 aromatic heterocycles. The third-order valence-electron chi connectivity index (χ3n) is 3.79. The Morgan fingerprint density at radius 2 is 1.86 bits per heavy atom. The first-order chi connectivity index (χ1) is 10.2. The number of hydrogen-bond donors (Lipinski definition) is 0. The van der Waals surface area contributed by atoms with Crippen LogP contribution in [0.3, 0.4) is 0 Å². The average Bonchev–Trinajstić information content (AvgIpc) is 2.79. The van der Waals surface area contributed by atoms with Crippen LogP contribution in [0.1, 0.15) is 49.8 Å². The first-order valence-electron chi connectivity index (χ1n) is 7.67. The second-order valence-corrected chi connectivity index (χ2v) is 7.13. The standard InChI is InChI=1S/C18H24N2O2/c1-12-6-13(2)8-14(7-12)15-9-16(10-19)20(11-15)17(21)22-18(3,4)5/h6-8,15-16H,9,11H2,1-5H3/t15-,16?/m1/s1. The van der Waals surface area contributed by atoms with Crippen LogP contribution in [0.5, 0.6) is 0 Å². The van der Waals surface area contributed by atoms with Crippen LogP contribution in [-0.2, 0) is 4.74 Å². The molecule has 0 bridgehead atoms. The Balaban J connectivity index is 2.19. The number of carbonyl (C=O) groups is 1. The van der Waals surface area contributed by atoms with Gasteiger partial charge in [-0.3, -0.25) is 4.90 Å². The fourth-order valence-corrected chi connectivity index (χ4v) is 2.97. The summed E-state index contributed by atoms with van der Waals surface area (Å²) in [7, 11) is 0. The lowest BCUT2D eigenvalue weighted by atomic mass is 9.94. The van der Waals surface area contributed by atoms with Gasteiger partial charge in [-0.05, 0) is 46.6 Å². The van der Waals surface area contributed by atoms with Crippen molar-refractivity contribution in [2.45, 2.75) is 58.6 Å². The number of aryl methyl sites for hydroxylation is 2. The number of benzene rings is 1. The molecule has 22 heavy (non-hydrogen) atoms. The molecule has 118 valence electrons. The summed E-state index contributed by atoms with van der Waals surface area (Å²) in [4.78, 5) is 13.9. The summed E-state index contributed by atoms with van der Waals surface area (Å²) in [5.74, 6) is 0.191. The number of likely N-dealkylation sites (tertiary alicyclic amines) is 1. The predicted octanol–water partition coefficient (Wildman–Crippen LogP) is 3.92. The van der Waals surface area contributed by atoms with Gasteiger partial charge in [0.2, 0.25) is 0 Å². The number of ether oxygens (including phenoxy) is 1. The van der Waals surface area contributed by atoms with E-state index in [9.17, 15) is 10.1 Å². The minimum Gasteiger partial charge on any atom is -0.444 e. The van der Waals surface area contributed by atoms with Crippen molar-refractivity contribution in [3.05, 3.63) is 34.9 Å². The fourth-order valence-electron chi connectivity index (χ4n) is 2.97. The SMILES string of the molecule is Cc1cc(C)cc([C@@H]2CC(C#N)N(C(=O)OC(C)(C)C)C2)c1. The first kappa shape index (κ1) is 16.4. The molecule has 1 aromatic rings. The molecular formula is C18H24N2O2. The Morgan fingerprint density at radius 3 is 2.36 bits per heavy atom. The summed E-state index contributed by atoms with van der Waals surface area (Å²) in [6.45, 7) is 10.2. The molecule has 1 fully saturated rings. The minimum atomic E-state index is -0.547. The molecule has 1 aliphatic rings. The molecule has 4 nitrogen and oxygen atoms in total. The third kappa shape index (κ3) is 3.79. The van der Waals surface area contributed by atoms with Crippen molar-refractivity contribution in [3.8, 4) is 6.07 Å². The molecular weight excluding hydrogens is 276 g/mol. The van der Waals surface area contributed by atoms with Crippen LogP contribution in [0.4, 0.5) is 4.79 Å². The maximum Gasteiger partial charge on any atom is 0.411 e. The molecule has 1 heterocycles. The van der Waals surface area contributed by atoms with Crippen LogP contribution in [0.15, 0.2) is 18.2 Å². The number of amides is 1. The molecule has 1 aliphatic heterocycles. The van der Waals surface area contributed by atoms with Gasteiger partial charge in [0.25, 0.3) is 0 Å². The normalized spacial score (nSPS) is 21.5. The quantitative estimate of drug-likeness (QED) is 0.790. The van der Waals surface area contributed by atoms with Crippen LogP contribution in [0.2, 0.25) is 0 Å². The van der Waals surface area contributed by atoms with Gasteiger partial charge in [-0.1, -0.05) is 29.3 Å². The van der Waals surface area contributed by atoms with Crippen LogP contribution in [-0.4, -0.2) is 29.2 Å². The van der Waals surface area contributed by atoms with Crippen LogP contribution in [0, 0.1) is 25.2 Å². The van der Waals surface area contributed by atoms with Gasteiger partial charge in [-0.25, -0.2) is 4.79 Å². The second kappa shape index (κ2) is 6.00. The number of hydrogen-bond acceptors (Lipinski definition) is 3. The van der Waals surface area contributed by atoms with E-state index in [1.54, 1.807) is 4.90 Å². The molecule has 1 unspecified atom stereocenters. The number of nitrogens with zero attached hydrogens (tertiary/aromatic N) is 2. The molecule has 2 rings (SSSR count). The Hall–Kier alpha value is -2.02. The molecule has 4 heteroatoms. The van der Waals surface area contributed by atoms with Gasteiger partial charge in [0.15, 0.2) is 0 Å². The van der Waals surface area contributed by atoms with Gasteiger partial charge in [-0.15, -0.1) is 0 Å². The molecule has 0 spiro atoms. The highest BCUT2D eigenvalue weighted by molar-refractivity contribution is 5.69. The van der Waals surface area contributed by atoms with E-state index in [1.807, 2.05) is 20.8 Å². The number of rotatable bonds is 1. The van der Waals surface area contributed by atoms with Crippen molar-refractivity contribution in [1.82, 2.24) is 4.90 Å². The molecule has 0 radical (unpaired) electrons. The summed E-state index contributed by atoms with van der Waals surface area (Å²) in [5, 5.41) is 9.36. The van der Waals surface area contributed by atoms with Crippen molar-refractivity contribution < 1.29 is 9.53 Å². The highest BCUT2D eigenvalue weighted by Gasteiger charge is 2.38. The first-order valence-corrected chi connectivity index (χ1v) is 7.67. The second-order valence-electron chi connectivity index (χ2n) is 7.13.